The lowest BCUT2D eigenvalue weighted by molar-refractivity contribution is 0.0559. The van der Waals surface area contributed by atoms with Gasteiger partial charge in [-0.3, -0.25) is 0 Å². The molecule has 4 fully saturated rings. The summed E-state index contributed by atoms with van der Waals surface area (Å²) in [4.78, 5) is 9.74. The maximum Gasteiger partial charge on any atom is 0.0243 e. The standard InChI is InChI=1S/2C12H23N.C11H21N.C10H19N.4H2/c1-10(2)11(3)13-8-6-12(4,5)7-9-13;1-10(2)11(3)13-8-6-7-12(4,5)9-13;1-9(2)10(3)12-7-6-11(4,5)8-12;1-8(2)9(3)11-6-10(4,5)7-11;;;;/h2*10H,3,6-9H2,1-2,4-5H3;9H,3,6-8H2,1-2,4-5H3;8H,3,6-7H2,1-2,4-5H3;4*1H/i;;;;4*1+1. The highest BCUT2D eigenvalue weighted by Gasteiger charge is 2.35. The zero-order chi connectivity index (χ0) is 38.1. The van der Waals surface area contributed by atoms with E-state index in [0.717, 1.165) is 0 Å². The van der Waals surface area contributed by atoms with Gasteiger partial charge >= 0.3 is 0 Å². The van der Waals surface area contributed by atoms with E-state index in [1.807, 2.05) is 0 Å². The first-order chi connectivity index (χ1) is 22.2. The van der Waals surface area contributed by atoms with Gasteiger partial charge in [0.1, 0.15) is 0 Å². The molecule has 0 atom stereocenters. The average molecular weight is 695 g/mol. The predicted octanol–water partition coefficient (Wildman–Crippen LogP) is 12.9. The second-order valence-electron chi connectivity index (χ2n) is 20.3. The number of rotatable bonds is 8. The topological polar surface area (TPSA) is 13.0 Å². The first kappa shape index (κ1) is 45.2. The summed E-state index contributed by atoms with van der Waals surface area (Å²) in [7, 11) is 0. The van der Waals surface area contributed by atoms with Gasteiger partial charge in [-0.15, -0.1) is 0 Å². The molecule has 0 amide bonds. The molecule has 0 saturated carbocycles. The monoisotopic (exact) mass is 695 g/mol. The van der Waals surface area contributed by atoms with E-state index in [-0.39, 0.29) is 5.71 Å². The lowest BCUT2D eigenvalue weighted by atomic mass is 9.82. The molecular weight excluding hydrogens is 597 g/mol. The normalized spacial score (nSPS) is 22.0. The molecule has 4 aliphatic rings. The summed E-state index contributed by atoms with van der Waals surface area (Å²) < 4.78 is 0. The largest absolute Gasteiger partial charge is 0.375 e. The van der Waals surface area contributed by atoms with Gasteiger partial charge in [0.15, 0.2) is 0 Å². The molecule has 0 bridgehead atoms. The molecule has 0 aliphatic carbocycles. The summed E-state index contributed by atoms with van der Waals surface area (Å²) in [6, 6.07) is 0. The molecule has 4 nitrogen and oxygen atoms in total. The van der Waals surface area contributed by atoms with Gasteiger partial charge in [0.05, 0.1) is 0 Å². The van der Waals surface area contributed by atoms with E-state index in [1.165, 1.54) is 107 Å². The molecule has 294 valence electrons. The van der Waals surface area contributed by atoms with E-state index in [0.29, 0.717) is 45.3 Å². The van der Waals surface area contributed by atoms with Crippen LogP contribution in [0.15, 0.2) is 49.1 Å². The van der Waals surface area contributed by atoms with Crippen LogP contribution in [-0.2, 0) is 0 Å². The molecule has 0 spiro atoms. The molecule has 4 aliphatic heterocycles. The maximum atomic E-state index is 4.17. The van der Waals surface area contributed by atoms with E-state index in [4.69, 9.17) is 0 Å². The van der Waals surface area contributed by atoms with Crippen LogP contribution in [-0.4, -0.2) is 72.0 Å². The lowest BCUT2D eigenvalue weighted by Gasteiger charge is -2.49. The van der Waals surface area contributed by atoms with Gasteiger partial charge in [-0.2, -0.15) is 0 Å². The van der Waals surface area contributed by atoms with Gasteiger partial charge in [0.25, 0.3) is 0 Å². The first-order valence-electron chi connectivity index (χ1n) is 19.9. The SMILES string of the molecule is C=C(C(C)C)N1CC(C)(C)C1.C=C(C(C)C)N1CCC(C)(C)C1.C=C(C(C)C)N1CCC(C)(C)CC1.C=C(C(C)C)N1CCCC(C)(C)C1.[2HH].[2HH].[2HH].[2HH]. The number of hydrogen-bond acceptors (Lipinski definition) is 4. The van der Waals surface area contributed by atoms with Crippen LogP contribution in [0.3, 0.4) is 0 Å². The minimum absolute atomic E-state index is 0. The molecule has 4 rings (SSSR count). The van der Waals surface area contributed by atoms with Crippen LogP contribution in [0, 0.1) is 45.3 Å². The second kappa shape index (κ2) is 18.6. The molecule has 4 saturated heterocycles. The zero-order valence-corrected chi connectivity index (χ0v) is 36.1. The number of hydrogen-bond donors (Lipinski definition) is 0. The predicted molar refractivity (Wildman–Crippen MR) is 229 cm³/mol. The number of piperidine rings is 2. The summed E-state index contributed by atoms with van der Waals surface area (Å²) >= 11 is 0. The molecular formula is C45H94N4. The number of nitrogens with zero attached hydrogens (tertiary/aromatic N) is 4. The minimum atomic E-state index is 0. The summed E-state index contributed by atoms with van der Waals surface area (Å²) in [5.41, 5.74) is 7.28. The molecule has 0 radical (unpaired) electrons. The minimum Gasteiger partial charge on any atom is -0.375 e. The smallest absolute Gasteiger partial charge is 0.0243 e. The van der Waals surface area contributed by atoms with E-state index in [1.54, 1.807) is 0 Å². The fourth-order valence-electron chi connectivity index (χ4n) is 7.08. The van der Waals surface area contributed by atoms with E-state index >= 15 is 0 Å². The summed E-state index contributed by atoms with van der Waals surface area (Å²) in [5.74, 6) is 2.39. The Balaban J connectivity index is -0.000000295. The third kappa shape index (κ3) is 15.9. The van der Waals surface area contributed by atoms with Crippen LogP contribution in [0.1, 0.15) is 149 Å². The van der Waals surface area contributed by atoms with Crippen molar-refractivity contribution in [1.82, 2.24) is 19.6 Å². The Morgan fingerprint density at radius 1 is 0.388 bits per heavy atom. The van der Waals surface area contributed by atoms with Crippen molar-refractivity contribution in [1.29, 1.82) is 0 Å². The van der Waals surface area contributed by atoms with Crippen LogP contribution in [0.5, 0.6) is 0 Å². The molecule has 0 aromatic heterocycles. The van der Waals surface area contributed by atoms with Gasteiger partial charge in [-0.05, 0) is 77.4 Å². The van der Waals surface area contributed by atoms with Gasteiger partial charge in [-0.25, -0.2) is 0 Å². The average Bonchev–Trinajstić information content (AvgIpc) is 3.33. The van der Waals surface area contributed by atoms with E-state index in [2.05, 4.69) is 157 Å². The Labute approximate surface area is 314 Å². The Morgan fingerprint density at radius 2 is 0.673 bits per heavy atom. The molecule has 0 aromatic rings. The number of likely N-dealkylation sites (tertiary alicyclic amines) is 4. The summed E-state index contributed by atoms with van der Waals surface area (Å²) in [6.45, 7) is 62.5. The van der Waals surface area contributed by atoms with Crippen molar-refractivity contribution in [3.8, 4) is 0 Å². The van der Waals surface area contributed by atoms with Gasteiger partial charge < -0.3 is 19.6 Å². The highest BCUT2D eigenvalue weighted by molar-refractivity contribution is 5.06. The van der Waals surface area contributed by atoms with Crippen molar-refractivity contribution in [2.24, 2.45) is 45.3 Å². The zero-order valence-electron chi connectivity index (χ0n) is 36.1. The second-order valence-corrected chi connectivity index (χ2v) is 20.3. The van der Waals surface area contributed by atoms with Crippen molar-refractivity contribution < 1.29 is 5.71 Å². The van der Waals surface area contributed by atoms with Gasteiger partial charge in [-0.1, -0.05) is 137 Å². The maximum absolute atomic E-state index is 4.17. The van der Waals surface area contributed by atoms with Crippen molar-refractivity contribution in [3.63, 3.8) is 0 Å². The quantitative estimate of drug-likeness (QED) is 0.251. The van der Waals surface area contributed by atoms with E-state index < -0.39 is 0 Å². The molecule has 0 unspecified atom stereocenters. The van der Waals surface area contributed by atoms with Gasteiger partial charge in [0, 0.05) is 80.9 Å². The highest BCUT2D eigenvalue weighted by atomic mass is 15.2. The van der Waals surface area contributed by atoms with Crippen molar-refractivity contribution in [2.45, 2.75) is 143 Å². The van der Waals surface area contributed by atoms with Crippen molar-refractivity contribution >= 4 is 0 Å². The van der Waals surface area contributed by atoms with Crippen molar-refractivity contribution in [2.75, 3.05) is 52.4 Å². The Hall–Kier alpha value is -1.84. The third-order valence-electron chi connectivity index (χ3n) is 11.2. The van der Waals surface area contributed by atoms with Crippen LogP contribution >= 0.6 is 0 Å². The van der Waals surface area contributed by atoms with E-state index in [9.17, 15) is 0 Å². The first-order valence-corrected chi connectivity index (χ1v) is 19.9. The summed E-state index contributed by atoms with van der Waals surface area (Å²) in [5, 5.41) is 0. The van der Waals surface area contributed by atoms with Crippen LogP contribution < -0.4 is 0 Å². The fourth-order valence-corrected chi connectivity index (χ4v) is 7.08. The lowest BCUT2D eigenvalue weighted by Crippen LogP contribution is -2.52. The summed E-state index contributed by atoms with van der Waals surface area (Å²) in [6.07, 6.45) is 6.59. The third-order valence-corrected chi connectivity index (χ3v) is 11.2. The molecule has 0 aromatic carbocycles. The fraction of sp³-hybridized carbons (Fsp3) is 0.822. The number of allylic oxidation sites excluding steroid dienone is 4. The molecule has 49 heavy (non-hydrogen) atoms. The highest BCUT2D eigenvalue weighted by Crippen LogP contribution is 2.35. The molecule has 4 heterocycles. The van der Waals surface area contributed by atoms with Crippen molar-refractivity contribution in [3.05, 3.63) is 49.1 Å². The van der Waals surface area contributed by atoms with Crippen LogP contribution in [0.2, 0.25) is 0 Å². The van der Waals surface area contributed by atoms with Crippen LogP contribution in [0.4, 0.5) is 0 Å². The molecule has 4 heteroatoms. The van der Waals surface area contributed by atoms with Crippen LogP contribution in [0.25, 0.3) is 0 Å². The Morgan fingerprint density at radius 3 is 1.02 bits per heavy atom. The van der Waals surface area contributed by atoms with Gasteiger partial charge in [0.2, 0.25) is 0 Å². The molecule has 0 N–H and O–H groups in total. The Kier molecular flexibility index (Phi) is 17.1. The Bertz CT molecular complexity index is 1070.